The van der Waals surface area contributed by atoms with Gasteiger partial charge in [-0.15, -0.1) is 6.42 Å². The van der Waals surface area contributed by atoms with Crippen LogP contribution < -0.4 is 5.73 Å². The molecule has 0 aliphatic carbocycles. The molecule has 5 nitrogen and oxygen atoms in total. The Hall–Kier alpha value is -2.09. The van der Waals surface area contributed by atoms with Crippen LogP contribution in [0.1, 0.15) is 25.7 Å². The fourth-order valence-corrected chi connectivity index (χ4v) is 1.38. The highest BCUT2D eigenvalue weighted by Gasteiger charge is 2.11. The Morgan fingerprint density at radius 3 is 2.80 bits per heavy atom. The summed E-state index contributed by atoms with van der Waals surface area (Å²) in [5.74, 6) is 2.99. The normalized spacial score (nSPS) is 10.8. The Balaban J connectivity index is 2.80. The smallest absolute Gasteiger partial charge is 0.208 e. The van der Waals surface area contributed by atoms with Gasteiger partial charge in [-0.3, -0.25) is 0 Å². The van der Waals surface area contributed by atoms with E-state index in [0.29, 0.717) is 22.8 Å². The van der Waals surface area contributed by atoms with Crippen molar-refractivity contribution < 1.29 is 0 Å². The van der Waals surface area contributed by atoms with Crippen LogP contribution in [0.25, 0.3) is 11.2 Å². The maximum absolute atomic E-state index is 5.72. The van der Waals surface area contributed by atoms with Gasteiger partial charge in [-0.1, -0.05) is 0 Å². The third-order valence-electron chi connectivity index (χ3n) is 2.13. The molecule has 0 atom stereocenters. The molecule has 15 heavy (non-hydrogen) atoms. The molecule has 0 fully saturated rings. The number of nitrogens with zero attached hydrogens (tertiary/aromatic N) is 4. The van der Waals surface area contributed by atoms with E-state index in [1.807, 2.05) is 18.4 Å². The molecule has 0 saturated heterocycles. The Morgan fingerprint density at radius 2 is 2.20 bits per heavy atom. The van der Waals surface area contributed by atoms with Crippen LogP contribution >= 0.6 is 0 Å². The SMILES string of the molecule is C#Cc1nc(N)c2ncn(C(C)C)c2n1. The highest BCUT2D eigenvalue weighted by molar-refractivity contribution is 5.81. The van der Waals surface area contributed by atoms with E-state index < -0.39 is 0 Å². The third-order valence-corrected chi connectivity index (χ3v) is 2.13. The zero-order valence-corrected chi connectivity index (χ0v) is 8.60. The molecule has 2 aromatic heterocycles. The number of aromatic nitrogens is 4. The number of nitrogens with two attached hydrogens (primary N) is 1. The van der Waals surface area contributed by atoms with E-state index in [2.05, 4.69) is 20.9 Å². The van der Waals surface area contributed by atoms with Gasteiger partial charge in [-0.2, -0.15) is 0 Å². The van der Waals surface area contributed by atoms with Gasteiger partial charge >= 0.3 is 0 Å². The first-order chi connectivity index (χ1) is 7.13. The van der Waals surface area contributed by atoms with Crippen LogP contribution in [0.5, 0.6) is 0 Å². The summed E-state index contributed by atoms with van der Waals surface area (Å²) >= 11 is 0. The summed E-state index contributed by atoms with van der Waals surface area (Å²) in [5.41, 5.74) is 7.01. The fourth-order valence-electron chi connectivity index (χ4n) is 1.38. The molecule has 5 heteroatoms. The monoisotopic (exact) mass is 201 g/mol. The van der Waals surface area contributed by atoms with Crippen LogP contribution in [-0.2, 0) is 0 Å². The lowest BCUT2D eigenvalue weighted by Gasteiger charge is -2.06. The van der Waals surface area contributed by atoms with E-state index in [1.165, 1.54) is 0 Å². The summed E-state index contributed by atoms with van der Waals surface area (Å²) < 4.78 is 1.91. The Kier molecular flexibility index (Phi) is 2.05. The van der Waals surface area contributed by atoms with Crippen LogP contribution in [-0.4, -0.2) is 19.5 Å². The predicted molar refractivity (Wildman–Crippen MR) is 58.1 cm³/mol. The topological polar surface area (TPSA) is 69.6 Å². The van der Waals surface area contributed by atoms with Gasteiger partial charge in [0, 0.05) is 6.04 Å². The number of rotatable bonds is 1. The summed E-state index contributed by atoms with van der Waals surface area (Å²) in [6.45, 7) is 4.07. The van der Waals surface area contributed by atoms with Crippen LogP contribution in [0.15, 0.2) is 6.33 Å². The summed E-state index contributed by atoms with van der Waals surface area (Å²) in [6, 6.07) is 0.259. The number of terminal acetylenes is 1. The lowest BCUT2D eigenvalue weighted by molar-refractivity contribution is 0.612. The van der Waals surface area contributed by atoms with Gasteiger partial charge < -0.3 is 10.3 Å². The molecule has 0 aromatic carbocycles. The second-order valence-electron chi connectivity index (χ2n) is 3.49. The van der Waals surface area contributed by atoms with Gasteiger partial charge in [0.25, 0.3) is 0 Å². The van der Waals surface area contributed by atoms with E-state index >= 15 is 0 Å². The van der Waals surface area contributed by atoms with E-state index in [4.69, 9.17) is 12.2 Å². The second-order valence-corrected chi connectivity index (χ2v) is 3.49. The number of hydrogen-bond donors (Lipinski definition) is 1. The molecule has 2 heterocycles. The molecule has 0 aliphatic rings. The number of anilines is 1. The molecule has 0 amide bonds. The van der Waals surface area contributed by atoms with Gasteiger partial charge in [0.2, 0.25) is 5.82 Å². The van der Waals surface area contributed by atoms with Crippen LogP contribution in [0.4, 0.5) is 5.82 Å². The maximum atomic E-state index is 5.72. The van der Waals surface area contributed by atoms with Crippen LogP contribution in [0, 0.1) is 12.3 Å². The molecule has 0 aliphatic heterocycles. The zero-order chi connectivity index (χ0) is 11.0. The van der Waals surface area contributed by atoms with Crippen LogP contribution in [0.2, 0.25) is 0 Å². The molecule has 0 unspecified atom stereocenters. The molecule has 2 aromatic rings. The van der Waals surface area contributed by atoms with E-state index in [-0.39, 0.29) is 6.04 Å². The second kappa shape index (κ2) is 3.24. The molecule has 0 spiro atoms. The Morgan fingerprint density at radius 1 is 1.47 bits per heavy atom. The fraction of sp³-hybridized carbons (Fsp3) is 0.300. The lowest BCUT2D eigenvalue weighted by Crippen LogP contribution is -2.03. The molecule has 76 valence electrons. The van der Waals surface area contributed by atoms with Crippen molar-refractivity contribution >= 4 is 17.0 Å². The van der Waals surface area contributed by atoms with Crippen molar-refractivity contribution in [2.24, 2.45) is 0 Å². The van der Waals surface area contributed by atoms with E-state index in [0.717, 1.165) is 0 Å². The average molecular weight is 201 g/mol. The standard InChI is InChI=1S/C10H11N5/c1-4-7-13-9(11)8-10(14-7)15(5-12-8)6(2)3/h1,5-6H,2-3H3,(H2,11,13,14). The first kappa shape index (κ1) is 9.46. The maximum Gasteiger partial charge on any atom is 0.208 e. The van der Waals surface area contributed by atoms with Crippen molar-refractivity contribution in [2.45, 2.75) is 19.9 Å². The average Bonchev–Trinajstić information content (AvgIpc) is 2.61. The van der Waals surface area contributed by atoms with E-state index in [9.17, 15) is 0 Å². The molecular weight excluding hydrogens is 190 g/mol. The van der Waals surface area contributed by atoms with E-state index in [1.54, 1.807) is 6.33 Å². The third kappa shape index (κ3) is 1.40. The number of hydrogen-bond acceptors (Lipinski definition) is 4. The van der Waals surface area contributed by atoms with Crippen molar-refractivity contribution in [3.63, 3.8) is 0 Å². The quantitative estimate of drug-likeness (QED) is 0.698. The largest absolute Gasteiger partial charge is 0.382 e. The highest BCUT2D eigenvalue weighted by Crippen LogP contribution is 2.18. The summed E-state index contributed by atoms with van der Waals surface area (Å²) in [4.78, 5) is 12.3. The Bertz CT molecular complexity index is 547. The van der Waals surface area contributed by atoms with Gasteiger partial charge in [0.1, 0.15) is 5.52 Å². The lowest BCUT2D eigenvalue weighted by atomic mass is 10.4. The van der Waals surface area contributed by atoms with Crippen molar-refractivity contribution in [1.29, 1.82) is 0 Å². The van der Waals surface area contributed by atoms with Crippen molar-refractivity contribution in [3.8, 4) is 12.3 Å². The zero-order valence-electron chi connectivity index (χ0n) is 8.60. The molecular formula is C10H11N5. The summed E-state index contributed by atoms with van der Waals surface area (Å²) in [6.07, 6.45) is 6.94. The van der Waals surface area contributed by atoms with Gasteiger partial charge in [0.15, 0.2) is 11.5 Å². The molecule has 0 saturated carbocycles. The van der Waals surface area contributed by atoms with Gasteiger partial charge in [-0.05, 0) is 19.8 Å². The first-order valence-corrected chi connectivity index (χ1v) is 4.60. The number of imidazole rings is 1. The van der Waals surface area contributed by atoms with Gasteiger partial charge in [-0.25, -0.2) is 15.0 Å². The summed E-state index contributed by atoms with van der Waals surface area (Å²) in [7, 11) is 0. The molecule has 2 rings (SSSR count). The van der Waals surface area contributed by atoms with Crippen LogP contribution in [0.3, 0.4) is 0 Å². The number of nitrogen functional groups attached to an aromatic ring is 1. The minimum atomic E-state index is 0.259. The van der Waals surface area contributed by atoms with Crippen molar-refractivity contribution in [2.75, 3.05) is 5.73 Å². The summed E-state index contributed by atoms with van der Waals surface area (Å²) in [5, 5.41) is 0. The molecule has 2 N–H and O–H groups in total. The minimum absolute atomic E-state index is 0.259. The molecule has 0 bridgehead atoms. The number of fused-ring (bicyclic) bond motifs is 1. The minimum Gasteiger partial charge on any atom is -0.382 e. The highest BCUT2D eigenvalue weighted by atomic mass is 15.1. The molecule has 0 radical (unpaired) electrons. The Labute approximate surface area is 87.4 Å². The van der Waals surface area contributed by atoms with Crippen molar-refractivity contribution in [3.05, 3.63) is 12.2 Å². The predicted octanol–water partition coefficient (Wildman–Crippen LogP) is 0.971. The van der Waals surface area contributed by atoms with Gasteiger partial charge in [0.05, 0.1) is 6.33 Å². The first-order valence-electron chi connectivity index (χ1n) is 4.60. The van der Waals surface area contributed by atoms with Crippen molar-refractivity contribution in [1.82, 2.24) is 19.5 Å².